The van der Waals surface area contributed by atoms with Crippen LogP contribution in [-0.4, -0.2) is 67.7 Å². The molecule has 3 aliphatic rings. The zero-order valence-electron chi connectivity index (χ0n) is 17.6. The lowest BCUT2D eigenvalue weighted by molar-refractivity contribution is 0.000735. The van der Waals surface area contributed by atoms with E-state index in [9.17, 15) is 4.79 Å². The van der Waals surface area contributed by atoms with Gasteiger partial charge in [-0.15, -0.1) is 0 Å². The Bertz CT molecular complexity index is 948. The van der Waals surface area contributed by atoms with Gasteiger partial charge in [0.2, 0.25) is 5.88 Å². The van der Waals surface area contributed by atoms with Gasteiger partial charge in [-0.1, -0.05) is 0 Å². The molecule has 0 radical (unpaired) electrons. The number of amides is 2. The molecule has 9 heteroatoms. The van der Waals surface area contributed by atoms with Crippen molar-refractivity contribution < 1.29 is 19.0 Å². The lowest BCUT2D eigenvalue weighted by Crippen LogP contribution is -2.49. The zero-order chi connectivity index (χ0) is 21.2. The van der Waals surface area contributed by atoms with Gasteiger partial charge in [-0.3, -0.25) is 0 Å². The van der Waals surface area contributed by atoms with Crippen LogP contribution in [0, 0.1) is 0 Å². The molecule has 31 heavy (non-hydrogen) atoms. The normalized spacial score (nSPS) is 20.9. The van der Waals surface area contributed by atoms with Gasteiger partial charge in [0.05, 0.1) is 50.7 Å². The van der Waals surface area contributed by atoms with Crippen molar-refractivity contribution in [1.82, 2.24) is 15.3 Å². The van der Waals surface area contributed by atoms with Crippen molar-refractivity contribution in [2.75, 3.05) is 49.8 Å². The van der Waals surface area contributed by atoms with Crippen molar-refractivity contribution in [2.45, 2.75) is 31.8 Å². The molecule has 0 aliphatic carbocycles. The van der Waals surface area contributed by atoms with E-state index >= 15 is 0 Å². The predicted molar refractivity (Wildman–Crippen MR) is 116 cm³/mol. The topological polar surface area (TPSA) is 97.8 Å². The molecule has 2 fully saturated rings. The third-order valence-corrected chi connectivity index (χ3v) is 5.77. The number of urea groups is 1. The number of fused-ring (bicyclic) bond motifs is 1. The first kappa shape index (κ1) is 20.0. The number of benzene rings is 1. The van der Waals surface area contributed by atoms with E-state index < -0.39 is 0 Å². The summed E-state index contributed by atoms with van der Waals surface area (Å²) in [7, 11) is 0. The number of ether oxygens (including phenoxy) is 3. The Morgan fingerprint density at radius 1 is 1.10 bits per heavy atom. The minimum absolute atomic E-state index is 0.0872. The molecule has 3 aliphatic heterocycles. The number of nitrogens with one attached hydrogen (secondary N) is 2. The van der Waals surface area contributed by atoms with Crippen LogP contribution in [0.25, 0.3) is 11.4 Å². The second-order valence-corrected chi connectivity index (χ2v) is 8.13. The van der Waals surface area contributed by atoms with Crippen molar-refractivity contribution in [1.29, 1.82) is 0 Å². The van der Waals surface area contributed by atoms with Crippen LogP contribution in [0.3, 0.4) is 0 Å². The van der Waals surface area contributed by atoms with Crippen LogP contribution in [0.4, 0.5) is 16.3 Å². The molecule has 2 N–H and O–H groups in total. The third kappa shape index (κ3) is 4.28. The first-order valence-corrected chi connectivity index (χ1v) is 10.8. The van der Waals surface area contributed by atoms with Gasteiger partial charge in [0.25, 0.3) is 0 Å². The van der Waals surface area contributed by atoms with Crippen LogP contribution in [0.2, 0.25) is 0 Å². The molecule has 0 bridgehead atoms. The second kappa shape index (κ2) is 8.68. The van der Waals surface area contributed by atoms with E-state index in [2.05, 4.69) is 22.5 Å². The molecule has 2 aromatic rings. The Balaban J connectivity index is 1.39. The van der Waals surface area contributed by atoms with Gasteiger partial charge < -0.3 is 29.7 Å². The number of carbonyl (C=O) groups excluding carboxylic acids is 1. The first-order valence-electron chi connectivity index (χ1n) is 10.8. The number of nitrogens with zero attached hydrogens (tertiary/aromatic N) is 3. The highest BCUT2D eigenvalue weighted by Gasteiger charge is 2.28. The number of carbonyl (C=O) groups is 1. The molecule has 2 amide bonds. The highest BCUT2D eigenvalue weighted by Crippen LogP contribution is 2.34. The van der Waals surface area contributed by atoms with Crippen molar-refractivity contribution in [3.8, 4) is 17.3 Å². The minimum Gasteiger partial charge on any atom is -0.477 e. The number of hydrogen-bond acceptors (Lipinski definition) is 7. The zero-order valence-corrected chi connectivity index (χ0v) is 17.6. The molecular formula is C22H27N5O4. The minimum atomic E-state index is -0.233. The van der Waals surface area contributed by atoms with E-state index in [-0.39, 0.29) is 18.1 Å². The smallest absolute Gasteiger partial charge is 0.319 e. The summed E-state index contributed by atoms with van der Waals surface area (Å²) >= 11 is 0. The molecule has 1 atom stereocenters. The van der Waals surface area contributed by atoms with Crippen molar-refractivity contribution in [2.24, 2.45) is 0 Å². The first-order chi connectivity index (χ1) is 15.2. The molecular weight excluding hydrogens is 398 g/mol. The molecule has 0 spiro atoms. The largest absolute Gasteiger partial charge is 0.477 e. The Labute approximate surface area is 181 Å². The highest BCUT2D eigenvalue weighted by molar-refractivity contribution is 5.89. The number of hydrogen-bond donors (Lipinski definition) is 2. The molecule has 0 saturated carbocycles. The van der Waals surface area contributed by atoms with Crippen LogP contribution in [0.5, 0.6) is 5.88 Å². The maximum atomic E-state index is 12.0. The number of anilines is 2. The quantitative estimate of drug-likeness (QED) is 0.775. The third-order valence-electron chi connectivity index (χ3n) is 5.77. The van der Waals surface area contributed by atoms with Crippen LogP contribution in [0.15, 0.2) is 24.3 Å². The summed E-state index contributed by atoms with van der Waals surface area (Å²) in [4.78, 5) is 24.0. The predicted octanol–water partition coefficient (Wildman–Crippen LogP) is 2.21. The fourth-order valence-electron chi connectivity index (χ4n) is 3.99. The molecule has 1 unspecified atom stereocenters. The van der Waals surface area contributed by atoms with E-state index in [0.29, 0.717) is 50.4 Å². The Kier molecular flexibility index (Phi) is 5.61. The fourth-order valence-corrected chi connectivity index (χ4v) is 3.99. The summed E-state index contributed by atoms with van der Waals surface area (Å²) in [5.74, 6) is 2.24. The summed E-state index contributed by atoms with van der Waals surface area (Å²) in [6.45, 7) is 6.12. The number of rotatable bonds is 4. The van der Waals surface area contributed by atoms with Crippen LogP contribution >= 0.6 is 0 Å². The maximum Gasteiger partial charge on any atom is 0.319 e. The second-order valence-electron chi connectivity index (χ2n) is 8.13. The van der Waals surface area contributed by atoms with E-state index in [1.807, 2.05) is 24.3 Å². The maximum absolute atomic E-state index is 12.0. The van der Waals surface area contributed by atoms with Gasteiger partial charge in [-0.05, 0) is 44.0 Å². The average Bonchev–Trinajstić information content (AvgIpc) is 2.76. The Morgan fingerprint density at radius 3 is 2.68 bits per heavy atom. The lowest BCUT2D eigenvalue weighted by Gasteiger charge is -2.36. The van der Waals surface area contributed by atoms with Crippen molar-refractivity contribution in [3.05, 3.63) is 29.8 Å². The van der Waals surface area contributed by atoms with Crippen LogP contribution < -0.4 is 20.3 Å². The van der Waals surface area contributed by atoms with Gasteiger partial charge in [-0.2, -0.15) is 4.98 Å². The van der Waals surface area contributed by atoms with Crippen molar-refractivity contribution >= 4 is 17.5 Å². The molecule has 1 aromatic carbocycles. The van der Waals surface area contributed by atoms with Gasteiger partial charge in [0.15, 0.2) is 5.82 Å². The van der Waals surface area contributed by atoms with E-state index in [4.69, 9.17) is 24.2 Å². The molecule has 4 heterocycles. The highest BCUT2D eigenvalue weighted by atomic mass is 16.5. The van der Waals surface area contributed by atoms with Crippen molar-refractivity contribution in [3.63, 3.8) is 0 Å². The SMILES string of the molecule is CC1COCCN1c1nc(-c2ccc(NC(=O)NC3COC3)cc2)nc2c1CCCO2. The molecule has 5 rings (SSSR count). The standard InChI is InChI=1S/C22H27N5O4/c1-14-11-29-10-8-27(14)20-18-3-2-9-31-21(18)26-19(25-20)15-4-6-16(7-5-15)23-22(28)24-17-12-30-13-17/h4-7,14,17H,2-3,8-13H2,1H3,(H2,23,24,28). The fraction of sp³-hybridized carbons (Fsp3) is 0.500. The summed E-state index contributed by atoms with van der Waals surface area (Å²) < 4.78 is 16.6. The summed E-state index contributed by atoms with van der Waals surface area (Å²) in [5.41, 5.74) is 2.66. The van der Waals surface area contributed by atoms with Gasteiger partial charge in [0, 0.05) is 17.8 Å². The van der Waals surface area contributed by atoms with E-state index in [1.165, 1.54) is 0 Å². The molecule has 1 aromatic heterocycles. The van der Waals surface area contributed by atoms with E-state index in [0.717, 1.165) is 36.3 Å². The Morgan fingerprint density at radius 2 is 1.94 bits per heavy atom. The number of morpholine rings is 1. The number of aromatic nitrogens is 2. The molecule has 9 nitrogen and oxygen atoms in total. The van der Waals surface area contributed by atoms with Gasteiger partial charge in [-0.25, -0.2) is 9.78 Å². The molecule has 164 valence electrons. The average molecular weight is 425 g/mol. The monoisotopic (exact) mass is 425 g/mol. The molecule has 2 saturated heterocycles. The van der Waals surface area contributed by atoms with Gasteiger partial charge in [0.1, 0.15) is 5.82 Å². The van der Waals surface area contributed by atoms with Crippen LogP contribution in [-0.2, 0) is 15.9 Å². The van der Waals surface area contributed by atoms with E-state index in [1.54, 1.807) is 0 Å². The summed E-state index contributed by atoms with van der Waals surface area (Å²) in [6.07, 6.45) is 1.88. The Hall–Kier alpha value is -2.91. The lowest BCUT2D eigenvalue weighted by atomic mass is 10.1. The van der Waals surface area contributed by atoms with Gasteiger partial charge >= 0.3 is 6.03 Å². The summed E-state index contributed by atoms with van der Waals surface area (Å²) in [5, 5.41) is 5.71. The summed E-state index contributed by atoms with van der Waals surface area (Å²) in [6, 6.07) is 7.64. The van der Waals surface area contributed by atoms with Crippen LogP contribution in [0.1, 0.15) is 18.9 Å².